The van der Waals surface area contributed by atoms with Crippen molar-refractivity contribution in [3.8, 4) is 0 Å². The minimum atomic E-state index is -2.99. The first-order chi connectivity index (χ1) is 7.15. The van der Waals surface area contributed by atoms with E-state index in [-0.39, 0.29) is 6.04 Å². The van der Waals surface area contributed by atoms with Gasteiger partial charge in [-0.1, -0.05) is 6.92 Å². The number of fused-ring (bicyclic) bond motifs is 1. The van der Waals surface area contributed by atoms with Crippen LogP contribution < -0.4 is 5.32 Å². The molecular formula is C10H20N2O2S. The number of rotatable bonds is 3. The number of nitrogens with zero attached hydrogens (tertiary/aromatic N) is 1. The van der Waals surface area contributed by atoms with E-state index in [1.807, 2.05) is 6.92 Å². The Kier molecular flexibility index (Phi) is 3.33. The Hall–Kier alpha value is -0.130. The molecule has 0 saturated carbocycles. The van der Waals surface area contributed by atoms with Crippen molar-refractivity contribution in [2.45, 2.75) is 32.2 Å². The van der Waals surface area contributed by atoms with E-state index in [1.54, 1.807) is 4.31 Å². The van der Waals surface area contributed by atoms with Gasteiger partial charge in [-0.3, -0.25) is 0 Å². The van der Waals surface area contributed by atoms with Crippen molar-refractivity contribution in [3.05, 3.63) is 0 Å². The van der Waals surface area contributed by atoms with Crippen LogP contribution in [0.4, 0.5) is 0 Å². The van der Waals surface area contributed by atoms with E-state index < -0.39 is 10.0 Å². The highest BCUT2D eigenvalue weighted by Crippen LogP contribution is 2.31. The molecule has 1 N–H and O–H groups in total. The van der Waals surface area contributed by atoms with Gasteiger partial charge < -0.3 is 5.32 Å². The van der Waals surface area contributed by atoms with Crippen LogP contribution in [-0.4, -0.2) is 44.2 Å². The molecule has 5 heteroatoms. The molecule has 88 valence electrons. The molecule has 4 nitrogen and oxygen atoms in total. The maximum absolute atomic E-state index is 12.0. The number of piperidine rings is 1. The van der Waals surface area contributed by atoms with Gasteiger partial charge in [-0.05, 0) is 31.7 Å². The maximum Gasteiger partial charge on any atom is 0.214 e. The van der Waals surface area contributed by atoms with Crippen molar-refractivity contribution >= 4 is 10.0 Å². The largest absolute Gasteiger partial charge is 0.315 e. The standard InChI is InChI=1S/C10H20N2O2S/c1-2-7-15(13,14)12-6-4-9-3-5-11-8-10(9)12/h9-11H,2-8H2,1H3/t9-,10-/m1/s1. The molecule has 2 saturated heterocycles. The zero-order valence-corrected chi connectivity index (χ0v) is 10.1. The van der Waals surface area contributed by atoms with E-state index in [1.165, 1.54) is 0 Å². The SMILES string of the molecule is CCCS(=O)(=O)N1CC[C@H]2CCNC[C@H]21. The molecule has 0 unspecified atom stereocenters. The minimum absolute atomic E-state index is 0.232. The molecule has 0 spiro atoms. The van der Waals surface area contributed by atoms with Crippen molar-refractivity contribution in [1.82, 2.24) is 9.62 Å². The van der Waals surface area contributed by atoms with E-state index in [2.05, 4.69) is 5.32 Å². The summed E-state index contributed by atoms with van der Waals surface area (Å²) in [4.78, 5) is 0. The molecule has 0 aromatic carbocycles. The highest BCUT2D eigenvalue weighted by Gasteiger charge is 2.41. The molecule has 2 aliphatic heterocycles. The van der Waals surface area contributed by atoms with Gasteiger partial charge >= 0.3 is 0 Å². The predicted molar refractivity (Wildman–Crippen MR) is 60.2 cm³/mol. The van der Waals surface area contributed by atoms with Gasteiger partial charge in [0.15, 0.2) is 0 Å². The van der Waals surface area contributed by atoms with Crippen LogP contribution in [0.5, 0.6) is 0 Å². The molecule has 0 aromatic heterocycles. The first kappa shape index (κ1) is 11.4. The van der Waals surface area contributed by atoms with Gasteiger partial charge in [0.25, 0.3) is 0 Å². The van der Waals surface area contributed by atoms with Crippen LogP contribution in [0.15, 0.2) is 0 Å². The summed E-state index contributed by atoms with van der Waals surface area (Å²) < 4.78 is 25.7. The summed E-state index contributed by atoms with van der Waals surface area (Å²) in [6, 6.07) is 0.232. The minimum Gasteiger partial charge on any atom is -0.315 e. The molecular weight excluding hydrogens is 212 g/mol. The summed E-state index contributed by atoms with van der Waals surface area (Å²) in [5.41, 5.74) is 0. The number of hydrogen-bond acceptors (Lipinski definition) is 3. The lowest BCUT2D eigenvalue weighted by Crippen LogP contribution is -2.48. The summed E-state index contributed by atoms with van der Waals surface area (Å²) in [6.07, 6.45) is 2.89. The van der Waals surface area contributed by atoms with Gasteiger partial charge in [0.2, 0.25) is 10.0 Å². The van der Waals surface area contributed by atoms with E-state index in [0.29, 0.717) is 18.1 Å². The molecule has 2 fully saturated rings. The lowest BCUT2D eigenvalue weighted by Gasteiger charge is -2.31. The van der Waals surface area contributed by atoms with Crippen LogP contribution >= 0.6 is 0 Å². The Labute approximate surface area is 92.1 Å². The first-order valence-corrected chi connectivity index (χ1v) is 7.46. The molecule has 2 heterocycles. The van der Waals surface area contributed by atoms with Crippen LogP contribution in [0.1, 0.15) is 26.2 Å². The van der Waals surface area contributed by atoms with Gasteiger partial charge in [-0.25, -0.2) is 8.42 Å². The fourth-order valence-corrected chi connectivity index (χ4v) is 4.54. The third-order valence-corrected chi connectivity index (χ3v) is 5.59. The van der Waals surface area contributed by atoms with E-state index in [4.69, 9.17) is 0 Å². The third-order valence-electron chi connectivity index (χ3n) is 3.50. The van der Waals surface area contributed by atoms with Crippen LogP contribution in [0.2, 0.25) is 0 Å². The normalized spacial score (nSPS) is 32.9. The lowest BCUT2D eigenvalue weighted by molar-refractivity contribution is 0.275. The van der Waals surface area contributed by atoms with Crippen molar-refractivity contribution in [2.24, 2.45) is 5.92 Å². The van der Waals surface area contributed by atoms with E-state index in [9.17, 15) is 8.42 Å². The predicted octanol–water partition coefficient (Wildman–Crippen LogP) is 0.410. The molecule has 2 aliphatic rings. The lowest BCUT2D eigenvalue weighted by atomic mass is 9.94. The van der Waals surface area contributed by atoms with Crippen molar-refractivity contribution in [2.75, 3.05) is 25.4 Å². The molecule has 0 bridgehead atoms. The summed E-state index contributed by atoms with van der Waals surface area (Å²) in [7, 11) is -2.99. The van der Waals surface area contributed by atoms with Crippen molar-refractivity contribution < 1.29 is 8.42 Å². The van der Waals surface area contributed by atoms with E-state index >= 15 is 0 Å². The van der Waals surface area contributed by atoms with Crippen LogP contribution in [0.25, 0.3) is 0 Å². The Morgan fingerprint density at radius 2 is 2.20 bits per heavy atom. The average Bonchev–Trinajstić information content (AvgIpc) is 2.61. The Bertz CT molecular complexity index is 315. The summed E-state index contributed by atoms with van der Waals surface area (Å²) in [5.74, 6) is 0.897. The van der Waals surface area contributed by atoms with Crippen LogP contribution in [-0.2, 0) is 10.0 Å². The second-order valence-electron chi connectivity index (χ2n) is 4.54. The zero-order chi connectivity index (χ0) is 10.9. The third kappa shape index (κ3) is 2.19. The van der Waals surface area contributed by atoms with Crippen molar-refractivity contribution in [1.29, 1.82) is 0 Å². The zero-order valence-electron chi connectivity index (χ0n) is 9.28. The summed E-state index contributed by atoms with van der Waals surface area (Å²) >= 11 is 0. The highest BCUT2D eigenvalue weighted by molar-refractivity contribution is 7.89. The summed E-state index contributed by atoms with van der Waals surface area (Å²) in [6.45, 7) is 4.54. The molecule has 0 aliphatic carbocycles. The highest BCUT2D eigenvalue weighted by atomic mass is 32.2. The quantitative estimate of drug-likeness (QED) is 0.767. The summed E-state index contributed by atoms with van der Waals surface area (Å²) in [5, 5.41) is 3.29. The van der Waals surface area contributed by atoms with Crippen LogP contribution in [0.3, 0.4) is 0 Å². The van der Waals surface area contributed by atoms with Gasteiger partial charge in [0.05, 0.1) is 5.75 Å². The van der Waals surface area contributed by atoms with Gasteiger partial charge in [-0.15, -0.1) is 0 Å². The topological polar surface area (TPSA) is 49.4 Å². The molecule has 0 radical (unpaired) electrons. The number of nitrogens with one attached hydrogen (secondary N) is 1. The monoisotopic (exact) mass is 232 g/mol. The van der Waals surface area contributed by atoms with Gasteiger partial charge in [0.1, 0.15) is 0 Å². The number of sulfonamides is 1. The average molecular weight is 232 g/mol. The molecule has 0 aromatic rings. The Morgan fingerprint density at radius 1 is 1.40 bits per heavy atom. The molecule has 15 heavy (non-hydrogen) atoms. The van der Waals surface area contributed by atoms with E-state index in [0.717, 1.165) is 32.5 Å². The van der Waals surface area contributed by atoms with Crippen LogP contribution in [0, 0.1) is 5.92 Å². The fourth-order valence-electron chi connectivity index (χ4n) is 2.75. The molecule has 2 atom stereocenters. The molecule has 2 rings (SSSR count). The second-order valence-corrected chi connectivity index (χ2v) is 6.58. The molecule has 0 amide bonds. The second kappa shape index (κ2) is 4.39. The smallest absolute Gasteiger partial charge is 0.214 e. The van der Waals surface area contributed by atoms with Gasteiger partial charge in [0, 0.05) is 19.1 Å². The maximum atomic E-state index is 12.0. The van der Waals surface area contributed by atoms with Crippen molar-refractivity contribution in [3.63, 3.8) is 0 Å². The van der Waals surface area contributed by atoms with Gasteiger partial charge in [-0.2, -0.15) is 4.31 Å². The Balaban J connectivity index is 2.10. The number of hydrogen-bond donors (Lipinski definition) is 1. The Morgan fingerprint density at radius 3 is 2.93 bits per heavy atom. The fraction of sp³-hybridized carbons (Fsp3) is 1.00. The first-order valence-electron chi connectivity index (χ1n) is 5.85.